The Bertz CT molecular complexity index is 345. The van der Waals surface area contributed by atoms with Gasteiger partial charge in [0.2, 0.25) is 0 Å². The zero-order valence-electron chi connectivity index (χ0n) is 7.61. The second kappa shape index (κ2) is 5.29. The van der Waals surface area contributed by atoms with Gasteiger partial charge in [-0.1, -0.05) is 12.2 Å². The third kappa shape index (κ3) is 2.78. The molecule has 0 aromatic heterocycles. The van der Waals surface area contributed by atoms with E-state index in [2.05, 4.69) is 0 Å². The summed E-state index contributed by atoms with van der Waals surface area (Å²) in [6, 6.07) is 3.96. The molecule has 0 aliphatic carbocycles. The average Bonchev–Trinajstić information content (AvgIpc) is 2.19. The first-order chi connectivity index (χ1) is 6.77. The minimum absolute atomic E-state index is 0.0439. The van der Waals surface area contributed by atoms with Gasteiger partial charge in [-0.05, 0) is 30.2 Å². The van der Waals surface area contributed by atoms with Gasteiger partial charge in [0.05, 0.1) is 0 Å². The monoisotopic (exact) mass is 194 g/mol. The van der Waals surface area contributed by atoms with Crippen molar-refractivity contribution >= 4 is 12.4 Å². The van der Waals surface area contributed by atoms with Gasteiger partial charge in [-0.25, -0.2) is 4.39 Å². The molecule has 14 heavy (non-hydrogen) atoms. The van der Waals surface area contributed by atoms with Crippen molar-refractivity contribution < 1.29 is 14.3 Å². The molecule has 0 fully saturated rings. The molecule has 0 atom stereocenters. The maximum atomic E-state index is 12.8. The molecular weight excluding hydrogens is 183 g/mol. The molecule has 0 saturated heterocycles. The zero-order chi connectivity index (χ0) is 10.4. The number of rotatable bonds is 4. The van der Waals surface area contributed by atoms with Crippen LogP contribution in [0.1, 0.15) is 22.3 Å². The van der Waals surface area contributed by atoms with Crippen molar-refractivity contribution in [3.63, 3.8) is 0 Å². The fraction of sp³-hybridized carbons (Fsp3) is 0.182. The minimum atomic E-state index is -0.376. The van der Waals surface area contributed by atoms with Crippen LogP contribution in [0, 0.1) is 5.82 Å². The number of carbonyl (C=O) groups excluding carboxylic acids is 1. The van der Waals surface area contributed by atoms with Crippen LogP contribution in [0.2, 0.25) is 0 Å². The van der Waals surface area contributed by atoms with E-state index in [1.807, 2.05) is 0 Å². The van der Waals surface area contributed by atoms with Gasteiger partial charge in [-0.15, -0.1) is 0 Å². The van der Waals surface area contributed by atoms with Crippen molar-refractivity contribution in [1.82, 2.24) is 0 Å². The highest BCUT2D eigenvalue weighted by molar-refractivity contribution is 5.81. The lowest BCUT2D eigenvalue weighted by atomic mass is 10.1. The normalized spacial score (nSPS) is 10.7. The maximum absolute atomic E-state index is 12.8. The molecule has 0 amide bonds. The summed E-state index contributed by atoms with van der Waals surface area (Å²) in [5, 5.41) is 8.53. The smallest absolute Gasteiger partial charge is 0.150 e. The third-order valence-corrected chi connectivity index (χ3v) is 1.77. The first-order valence-electron chi connectivity index (χ1n) is 4.30. The molecule has 1 aromatic rings. The molecule has 74 valence electrons. The Labute approximate surface area is 81.7 Å². The Morgan fingerprint density at radius 2 is 2.14 bits per heavy atom. The van der Waals surface area contributed by atoms with Crippen molar-refractivity contribution in [2.75, 3.05) is 6.61 Å². The van der Waals surface area contributed by atoms with Crippen LogP contribution in [0.15, 0.2) is 24.3 Å². The van der Waals surface area contributed by atoms with Crippen LogP contribution in [0.25, 0.3) is 6.08 Å². The summed E-state index contributed by atoms with van der Waals surface area (Å²) in [5.74, 6) is -0.376. The summed E-state index contributed by atoms with van der Waals surface area (Å²) >= 11 is 0. The topological polar surface area (TPSA) is 37.3 Å². The maximum Gasteiger partial charge on any atom is 0.150 e. The molecule has 0 heterocycles. The van der Waals surface area contributed by atoms with E-state index < -0.39 is 0 Å². The van der Waals surface area contributed by atoms with Gasteiger partial charge in [0.15, 0.2) is 6.29 Å². The van der Waals surface area contributed by atoms with E-state index in [0.29, 0.717) is 23.8 Å². The summed E-state index contributed by atoms with van der Waals surface area (Å²) < 4.78 is 12.8. The van der Waals surface area contributed by atoms with Crippen molar-refractivity contribution in [1.29, 1.82) is 0 Å². The molecule has 1 N–H and O–H groups in total. The number of aldehydes is 1. The van der Waals surface area contributed by atoms with Crippen LogP contribution in [0.5, 0.6) is 0 Å². The van der Waals surface area contributed by atoms with Gasteiger partial charge < -0.3 is 5.11 Å². The number of hydrogen-bond donors (Lipinski definition) is 1. The van der Waals surface area contributed by atoms with E-state index in [4.69, 9.17) is 5.11 Å². The van der Waals surface area contributed by atoms with Gasteiger partial charge in [-0.3, -0.25) is 4.79 Å². The molecule has 0 aliphatic heterocycles. The van der Waals surface area contributed by atoms with Crippen molar-refractivity contribution in [2.24, 2.45) is 0 Å². The summed E-state index contributed by atoms with van der Waals surface area (Å²) in [4.78, 5) is 10.6. The molecular formula is C11H11FO2. The minimum Gasteiger partial charge on any atom is -0.396 e. The van der Waals surface area contributed by atoms with E-state index in [0.717, 1.165) is 0 Å². The Balaban J connectivity index is 2.92. The Hall–Kier alpha value is -1.48. The van der Waals surface area contributed by atoms with E-state index in [-0.39, 0.29) is 12.4 Å². The highest BCUT2D eigenvalue weighted by Crippen LogP contribution is 2.11. The summed E-state index contributed by atoms with van der Waals surface area (Å²) in [7, 11) is 0. The predicted octanol–water partition coefficient (Wildman–Crippen LogP) is 2.03. The first kappa shape index (κ1) is 10.6. The quantitative estimate of drug-likeness (QED) is 0.744. The molecule has 1 aromatic carbocycles. The number of hydrogen-bond acceptors (Lipinski definition) is 2. The molecule has 0 spiro atoms. The van der Waals surface area contributed by atoms with Gasteiger partial charge in [-0.2, -0.15) is 0 Å². The SMILES string of the molecule is O=Cc1ccc(F)cc1C=CCCO. The van der Waals surface area contributed by atoms with Crippen molar-refractivity contribution in [2.45, 2.75) is 6.42 Å². The average molecular weight is 194 g/mol. The second-order valence-electron chi connectivity index (χ2n) is 2.81. The first-order valence-corrected chi connectivity index (χ1v) is 4.30. The lowest BCUT2D eigenvalue weighted by Crippen LogP contribution is -1.87. The second-order valence-corrected chi connectivity index (χ2v) is 2.81. The van der Waals surface area contributed by atoms with Gasteiger partial charge in [0.25, 0.3) is 0 Å². The fourth-order valence-electron chi connectivity index (χ4n) is 1.08. The molecule has 0 saturated carbocycles. The van der Waals surface area contributed by atoms with Crippen LogP contribution < -0.4 is 0 Å². The molecule has 0 unspecified atom stereocenters. The summed E-state index contributed by atoms with van der Waals surface area (Å²) in [6.45, 7) is 0.0439. The number of halogens is 1. The van der Waals surface area contributed by atoms with Crippen LogP contribution in [-0.4, -0.2) is 18.0 Å². The molecule has 0 radical (unpaired) electrons. The Kier molecular flexibility index (Phi) is 4.01. The fourth-order valence-corrected chi connectivity index (χ4v) is 1.08. The van der Waals surface area contributed by atoms with Crippen molar-refractivity contribution in [3.05, 3.63) is 41.2 Å². The number of aliphatic hydroxyl groups excluding tert-OH is 1. The predicted molar refractivity (Wildman–Crippen MR) is 52.5 cm³/mol. The Morgan fingerprint density at radius 1 is 1.36 bits per heavy atom. The highest BCUT2D eigenvalue weighted by atomic mass is 19.1. The third-order valence-electron chi connectivity index (χ3n) is 1.77. The van der Waals surface area contributed by atoms with Gasteiger partial charge in [0.1, 0.15) is 5.82 Å². The number of benzene rings is 1. The molecule has 1 rings (SSSR count). The van der Waals surface area contributed by atoms with Crippen LogP contribution in [0.3, 0.4) is 0 Å². The molecule has 0 aliphatic rings. The highest BCUT2D eigenvalue weighted by Gasteiger charge is 1.99. The zero-order valence-corrected chi connectivity index (χ0v) is 7.61. The largest absolute Gasteiger partial charge is 0.396 e. The molecule has 2 nitrogen and oxygen atoms in total. The lowest BCUT2D eigenvalue weighted by Gasteiger charge is -1.98. The number of carbonyl (C=O) groups is 1. The van der Waals surface area contributed by atoms with Crippen LogP contribution >= 0.6 is 0 Å². The van der Waals surface area contributed by atoms with Gasteiger partial charge in [0, 0.05) is 12.2 Å². The number of aliphatic hydroxyl groups is 1. The summed E-state index contributed by atoms with van der Waals surface area (Å²) in [5.41, 5.74) is 0.981. The van der Waals surface area contributed by atoms with Crippen LogP contribution in [-0.2, 0) is 0 Å². The Morgan fingerprint density at radius 3 is 2.79 bits per heavy atom. The van der Waals surface area contributed by atoms with Gasteiger partial charge >= 0.3 is 0 Å². The van der Waals surface area contributed by atoms with Crippen LogP contribution in [0.4, 0.5) is 4.39 Å². The molecule has 3 heteroatoms. The van der Waals surface area contributed by atoms with E-state index in [1.54, 1.807) is 12.2 Å². The lowest BCUT2D eigenvalue weighted by molar-refractivity contribution is 0.112. The van der Waals surface area contributed by atoms with E-state index >= 15 is 0 Å². The standard InChI is InChI=1S/C11H11FO2/c12-11-5-4-10(8-14)9(7-11)3-1-2-6-13/h1,3-5,7-8,13H,2,6H2. The van der Waals surface area contributed by atoms with E-state index in [9.17, 15) is 9.18 Å². The van der Waals surface area contributed by atoms with Crippen molar-refractivity contribution in [3.8, 4) is 0 Å². The van der Waals surface area contributed by atoms with E-state index in [1.165, 1.54) is 18.2 Å². The summed E-state index contributed by atoms with van der Waals surface area (Å²) in [6.07, 6.45) is 4.50. The molecule has 0 bridgehead atoms.